The number of amides is 1. The second kappa shape index (κ2) is 9.03. The van der Waals surface area contributed by atoms with Crippen LogP contribution in [0.15, 0.2) is 5.16 Å². The minimum atomic E-state index is 0.222. The molecule has 0 N–H and O–H groups in total. The van der Waals surface area contributed by atoms with Gasteiger partial charge in [-0.05, 0) is 38.0 Å². The summed E-state index contributed by atoms with van der Waals surface area (Å²) >= 11 is 1.52. The Balaban J connectivity index is 1.61. The van der Waals surface area contributed by atoms with Gasteiger partial charge in [0.25, 0.3) is 0 Å². The lowest BCUT2D eigenvalue weighted by atomic mass is 10.0. The van der Waals surface area contributed by atoms with E-state index in [1.54, 1.807) is 0 Å². The highest BCUT2D eigenvalue weighted by Gasteiger charge is 2.24. The Kier molecular flexibility index (Phi) is 6.76. The SMILES string of the molecule is CCCc1nnc(SCC(=O)N2CCC[C@@H](C)C2)n1C[C@H]1CCCO1. The van der Waals surface area contributed by atoms with Crippen molar-refractivity contribution in [2.45, 2.75) is 70.2 Å². The van der Waals surface area contributed by atoms with Crippen LogP contribution in [0.4, 0.5) is 0 Å². The third kappa shape index (κ3) is 4.97. The molecule has 2 aliphatic heterocycles. The Morgan fingerprint density at radius 2 is 2.20 bits per heavy atom. The number of piperidine rings is 1. The summed E-state index contributed by atoms with van der Waals surface area (Å²) in [7, 11) is 0. The summed E-state index contributed by atoms with van der Waals surface area (Å²) in [5, 5.41) is 9.58. The maximum absolute atomic E-state index is 12.5. The first-order valence-electron chi connectivity index (χ1n) is 9.61. The average molecular weight is 367 g/mol. The molecule has 0 unspecified atom stereocenters. The molecule has 3 heterocycles. The van der Waals surface area contributed by atoms with Crippen LogP contribution >= 0.6 is 11.8 Å². The lowest BCUT2D eigenvalue weighted by Gasteiger charge is -2.30. The third-order valence-corrected chi connectivity index (χ3v) is 5.96. The quantitative estimate of drug-likeness (QED) is 0.695. The van der Waals surface area contributed by atoms with Crippen molar-refractivity contribution < 1.29 is 9.53 Å². The predicted octanol–water partition coefficient (Wildman–Crippen LogP) is 2.76. The van der Waals surface area contributed by atoms with Gasteiger partial charge in [-0.3, -0.25) is 4.79 Å². The van der Waals surface area contributed by atoms with Crippen molar-refractivity contribution in [2.24, 2.45) is 5.92 Å². The number of likely N-dealkylation sites (tertiary alicyclic amines) is 1. The van der Waals surface area contributed by atoms with Gasteiger partial charge >= 0.3 is 0 Å². The van der Waals surface area contributed by atoms with E-state index < -0.39 is 0 Å². The van der Waals surface area contributed by atoms with Gasteiger partial charge in [-0.2, -0.15) is 0 Å². The van der Waals surface area contributed by atoms with Gasteiger partial charge in [0.2, 0.25) is 5.91 Å². The molecule has 0 radical (unpaired) electrons. The van der Waals surface area contributed by atoms with Crippen molar-refractivity contribution in [3.05, 3.63) is 5.82 Å². The van der Waals surface area contributed by atoms with Crippen LogP contribution < -0.4 is 0 Å². The summed E-state index contributed by atoms with van der Waals surface area (Å²) in [4.78, 5) is 14.5. The van der Waals surface area contributed by atoms with Gasteiger partial charge in [0.05, 0.1) is 18.4 Å². The van der Waals surface area contributed by atoms with Gasteiger partial charge in [0, 0.05) is 26.1 Å². The minimum absolute atomic E-state index is 0.222. The number of nitrogens with zero attached hydrogens (tertiary/aromatic N) is 4. The maximum Gasteiger partial charge on any atom is 0.233 e. The van der Waals surface area contributed by atoms with Crippen molar-refractivity contribution in [3.8, 4) is 0 Å². The smallest absolute Gasteiger partial charge is 0.233 e. The van der Waals surface area contributed by atoms with Crippen molar-refractivity contribution in [3.63, 3.8) is 0 Å². The summed E-state index contributed by atoms with van der Waals surface area (Å²) in [6.45, 7) is 7.82. The molecule has 1 aromatic rings. The number of ether oxygens (including phenoxy) is 1. The van der Waals surface area contributed by atoms with Crippen LogP contribution in [-0.4, -0.2) is 57.1 Å². The van der Waals surface area contributed by atoms with Crippen LogP contribution in [0.2, 0.25) is 0 Å². The van der Waals surface area contributed by atoms with Gasteiger partial charge in [-0.25, -0.2) is 0 Å². The molecule has 25 heavy (non-hydrogen) atoms. The first-order chi connectivity index (χ1) is 12.2. The number of aromatic nitrogens is 3. The molecule has 3 rings (SSSR count). The standard InChI is InChI=1S/C18H30N4O2S/c1-3-6-16-19-20-18(22(16)12-15-8-5-10-24-15)25-13-17(23)21-9-4-7-14(2)11-21/h14-15H,3-13H2,1-2H3/t14-,15-/m1/s1. The largest absolute Gasteiger partial charge is 0.376 e. The number of thioether (sulfide) groups is 1. The Morgan fingerprint density at radius 1 is 1.32 bits per heavy atom. The van der Waals surface area contributed by atoms with E-state index in [-0.39, 0.29) is 12.0 Å². The lowest BCUT2D eigenvalue weighted by molar-refractivity contribution is -0.130. The molecule has 2 atom stereocenters. The molecule has 1 amide bonds. The highest BCUT2D eigenvalue weighted by molar-refractivity contribution is 7.99. The molecule has 0 aromatic carbocycles. The monoisotopic (exact) mass is 366 g/mol. The van der Waals surface area contributed by atoms with Gasteiger partial charge in [-0.1, -0.05) is 25.6 Å². The number of carbonyl (C=O) groups is 1. The van der Waals surface area contributed by atoms with E-state index in [1.165, 1.54) is 18.2 Å². The van der Waals surface area contributed by atoms with E-state index in [0.29, 0.717) is 11.7 Å². The number of hydrogen-bond donors (Lipinski definition) is 0. The fraction of sp³-hybridized carbons (Fsp3) is 0.833. The molecule has 0 aliphatic carbocycles. The minimum Gasteiger partial charge on any atom is -0.376 e. The number of aryl methyl sites for hydroxylation is 1. The fourth-order valence-electron chi connectivity index (χ4n) is 3.64. The van der Waals surface area contributed by atoms with E-state index >= 15 is 0 Å². The van der Waals surface area contributed by atoms with Crippen molar-refractivity contribution in [1.29, 1.82) is 0 Å². The number of hydrogen-bond acceptors (Lipinski definition) is 5. The van der Waals surface area contributed by atoms with Crippen LogP contribution in [-0.2, 0) is 22.5 Å². The molecular weight excluding hydrogens is 336 g/mol. The molecule has 0 saturated carbocycles. The third-order valence-electron chi connectivity index (χ3n) is 5.01. The topological polar surface area (TPSA) is 60.2 Å². The highest BCUT2D eigenvalue weighted by Crippen LogP contribution is 2.23. The molecule has 2 fully saturated rings. The Hall–Kier alpha value is -1.08. The van der Waals surface area contributed by atoms with Crippen molar-refractivity contribution in [2.75, 3.05) is 25.4 Å². The zero-order valence-corrected chi connectivity index (χ0v) is 16.3. The van der Waals surface area contributed by atoms with Crippen molar-refractivity contribution >= 4 is 17.7 Å². The van der Waals surface area contributed by atoms with E-state index in [4.69, 9.17) is 4.74 Å². The first-order valence-corrected chi connectivity index (χ1v) is 10.6. The average Bonchev–Trinajstić information content (AvgIpc) is 3.24. The van der Waals surface area contributed by atoms with Crippen LogP contribution in [0.25, 0.3) is 0 Å². The zero-order chi connectivity index (χ0) is 17.6. The van der Waals surface area contributed by atoms with Crippen LogP contribution in [0.3, 0.4) is 0 Å². The summed E-state index contributed by atoms with van der Waals surface area (Å²) in [6, 6.07) is 0. The van der Waals surface area contributed by atoms with E-state index in [2.05, 4.69) is 28.6 Å². The second-order valence-electron chi connectivity index (χ2n) is 7.27. The summed E-state index contributed by atoms with van der Waals surface area (Å²) in [5.74, 6) is 2.30. The van der Waals surface area contributed by atoms with Crippen molar-refractivity contribution in [1.82, 2.24) is 19.7 Å². The first kappa shape index (κ1) is 18.7. The Labute approximate surface area is 154 Å². The Bertz CT molecular complexity index is 571. The molecule has 2 saturated heterocycles. The van der Waals surface area contributed by atoms with E-state index in [9.17, 15) is 4.79 Å². The molecule has 0 spiro atoms. The van der Waals surface area contributed by atoms with Gasteiger partial charge in [-0.15, -0.1) is 10.2 Å². The maximum atomic E-state index is 12.5. The number of rotatable bonds is 7. The van der Waals surface area contributed by atoms with Gasteiger partial charge < -0.3 is 14.2 Å². The molecule has 140 valence electrons. The molecule has 0 bridgehead atoms. The predicted molar refractivity (Wildman–Crippen MR) is 98.7 cm³/mol. The van der Waals surface area contributed by atoms with Crippen LogP contribution in [0.5, 0.6) is 0 Å². The molecule has 2 aliphatic rings. The van der Waals surface area contributed by atoms with Crippen LogP contribution in [0, 0.1) is 5.92 Å². The molecule has 1 aromatic heterocycles. The fourth-order valence-corrected chi connectivity index (χ4v) is 4.51. The van der Waals surface area contributed by atoms with E-state index in [1.807, 2.05) is 4.90 Å². The van der Waals surface area contributed by atoms with E-state index in [0.717, 1.165) is 69.3 Å². The lowest BCUT2D eigenvalue weighted by Crippen LogP contribution is -2.40. The second-order valence-corrected chi connectivity index (χ2v) is 8.21. The zero-order valence-electron chi connectivity index (χ0n) is 15.4. The molecular formula is C18H30N4O2S. The van der Waals surface area contributed by atoms with Gasteiger partial charge in [0.15, 0.2) is 5.16 Å². The molecule has 6 nitrogen and oxygen atoms in total. The normalized spacial score (nSPS) is 24.0. The summed E-state index contributed by atoms with van der Waals surface area (Å²) in [6.07, 6.45) is 6.78. The summed E-state index contributed by atoms with van der Waals surface area (Å²) < 4.78 is 7.96. The summed E-state index contributed by atoms with van der Waals surface area (Å²) in [5.41, 5.74) is 0. The highest BCUT2D eigenvalue weighted by atomic mass is 32.2. The number of carbonyl (C=O) groups excluding carboxylic acids is 1. The molecule has 7 heteroatoms. The van der Waals surface area contributed by atoms with Crippen LogP contribution in [0.1, 0.15) is 51.8 Å². The Morgan fingerprint density at radius 3 is 2.92 bits per heavy atom. The van der Waals surface area contributed by atoms with Gasteiger partial charge in [0.1, 0.15) is 5.82 Å².